The average Bonchev–Trinajstić information content (AvgIpc) is 2.53. The highest BCUT2D eigenvalue weighted by atomic mass is 16.5. The van der Waals surface area contributed by atoms with Crippen LogP contribution in [0.3, 0.4) is 0 Å². The van der Waals surface area contributed by atoms with E-state index in [4.69, 9.17) is 4.74 Å². The molecule has 1 aromatic rings. The van der Waals surface area contributed by atoms with Gasteiger partial charge in [0.1, 0.15) is 5.75 Å². The van der Waals surface area contributed by atoms with E-state index in [1.165, 1.54) is 19.3 Å². The molecule has 2 rings (SSSR count). The number of ether oxygens (including phenoxy) is 1. The summed E-state index contributed by atoms with van der Waals surface area (Å²) in [4.78, 5) is 19.3. The number of likely N-dealkylation sites (tertiary alicyclic amines) is 1. The first kappa shape index (κ1) is 16.0. The molecule has 1 aliphatic heterocycles. The monoisotopic (exact) mass is 290 g/mol. The second-order valence-corrected chi connectivity index (χ2v) is 6.19. The van der Waals surface area contributed by atoms with Gasteiger partial charge >= 0.3 is 0 Å². The van der Waals surface area contributed by atoms with E-state index in [9.17, 15) is 4.79 Å². The topological polar surface area (TPSA) is 42.4 Å². The number of hydrogen-bond donors (Lipinski definition) is 0. The van der Waals surface area contributed by atoms with Crippen LogP contribution in [-0.4, -0.2) is 40.9 Å². The molecule has 0 aromatic carbocycles. The summed E-state index contributed by atoms with van der Waals surface area (Å²) in [6.07, 6.45) is 7.87. The SMILES string of the molecule is CCCOc1cncc(C(=O)C(C)(C)N2CCCCC2)c1. The van der Waals surface area contributed by atoms with E-state index in [0.29, 0.717) is 17.9 Å². The molecule has 1 saturated heterocycles. The summed E-state index contributed by atoms with van der Waals surface area (Å²) in [5.41, 5.74) is 0.157. The van der Waals surface area contributed by atoms with Crippen LogP contribution in [0, 0.1) is 0 Å². The molecule has 1 fully saturated rings. The van der Waals surface area contributed by atoms with E-state index >= 15 is 0 Å². The van der Waals surface area contributed by atoms with Crippen LogP contribution >= 0.6 is 0 Å². The summed E-state index contributed by atoms with van der Waals surface area (Å²) in [5, 5.41) is 0. The third-order valence-electron chi connectivity index (χ3n) is 4.15. The van der Waals surface area contributed by atoms with Gasteiger partial charge in [0.2, 0.25) is 0 Å². The fraction of sp³-hybridized carbons (Fsp3) is 0.647. The minimum atomic E-state index is -0.481. The molecule has 0 spiro atoms. The minimum Gasteiger partial charge on any atom is -0.492 e. The quantitative estimate of drug-likeness (QED) is 0.754. The van der Waals surface area contributed by atoms with Crippen LogP contribution in [0.5, 0.6) is 5.75 Å². The molecular weight excluding hydrogens is 264 g/mol. The second-order valence-electron chi connectivity index (χ2n) is 6.19. The third kappa shape index (κ3) is 3.82. The van der Waals surface area contributed by atoms with Crippen LogP contribution < -0.4 is 4.74 Å². The number of pyridine rings is 1. The van der Waals surface area contributed by atoms with Crippen LogP contribution in [-0.2, 0) is 0 Å². The van der Waals surface area contributed by atoms with Gasteiger partial charge in [0, 0.05) is 11.8 Å². The van der Waals surface area contributed by atoms with Gasteiger partial charge in [0.15, 0.2) is 5.78 Å². The molecule has 1 aromatic heterocycles. The van der Waals surface area contributed by atoms with Crippen molar-refractivity contribution in [1.82, 2.24) is 9.88 Å². The number of ketones is 1. The normalized spacial score (nSPS) is 16.7. The molecule has 116 valence electrons. The molecule has 0 saturated carbocycles. The van der Waals surface area contributed by atoms with E-state index < -0.39 is 5.54 Å². The van der Waals surface area contributed by atoms with Gasteiger partial charge in [-0.2, -0.15) is 0 Å². The van der Waals surface area contributed by atoms with Crippen LogP contribution in [0.1, 0.15) is 56.8 Å². The van der Waals surface area contributed by atoms with Gasteiger partial charge in [-0.05, 0) is 52.3 Å². The van der Waals surface area contributed by atoms with Crippen molar-refractivity contribution in [2.45, 2.75) is 52.0 Å². The molecule has 0 radical (unpaired) electrons. The molecule has 21 heavy (non-hydrogen) atoms. The average molecular weight is 290 g/mol. The zero-order valence-corrected chi connectivity index (χ0v) is 13.4. The smallest absolute Gasteiger partial charge is 0.184 e. The van der Waals surface area contributed by atoms with Gasteiger partial charge in [0.05, 0.1) is 18.3 Å². The van der Waals surface area contributed by atoms with Gasteiger partial charge in [-0.25, -0.2) is 0 Å². The lowest BCUT2D eigenvalue weighted by Crippen LogP contribution is -2.52. The Morgan fingerprint density at radius 1 is 1.29 bits per heavy atom. The Balaban J connectivity index is 2.14. The van der Waals surface area contributed by atoms with Gasteiger partial charge in [-0.3, -0.25) is 14.7 Å². The van der Waals surface area contributed by atoms with Crippen molar-refractivity contribution in [3.63, 3.8) is 0 Å². The number of nitrogens with zero attached hydrogens (tertiary/aromatic N) is 2. The number of rotatable bonds is 6. The number of hydrogen-bond acceptors (Lipinski definition) is 4. The number of Topliss-reactive ketones (excluding diaryl/α,β-unsaturated/α-hetero) is 1. The zero-order valence-electron chi connectivity index (χ0n) is 13.4. The number of carbonyl (C=O) groups is 1. The van der Waals surface area contributed by atoms with Crippen molar-refractivity contribution in [3.8, 4) is 5.75 Å². The summed E-state index contributed by atoms with van der Waals surface area (Å²) in [7, 11) is 0. The van der Waals surface area contributed by atoms with E-state index in [1.807, 2.05) is 19.9 Å². The van der Waals surface area contributed by atoms with Crippen LogP contribution in [0.15, 0.2) is 18.5 Å². The lowest BCUT2D eigenvalue weighted by Gasteiger charge is -2.39. The molecule has 0 aliphatic carbocycles. The number of piperidine rings is 1. The van der Waals surface area contributed by atoms with Crippen molar-refractivity contribution in [2.24, 2.45) is 0 Å². The predicted octanol–water partition coefficient (Wildman–Crippen LogP) is 3.32. The summed E-state index contributed by atoms with van der Waals surface area (Å²) in [6.45, 7) is 8.73. The minimum absolute atomic E-state index is 0.124. The fourth-order valence-electron chi connectivity index (χ4n) is 2.79. The van der Waals surface area contributed by atoms with E-state index in [0.717, 1.165) is 19.5 Å². The van der Waals surface area contributed by atoms with E-state index in [2.05, 4.69) is 16.8 Å². The van der Waals surface area contributed by atoms with Crippen molar-refractivity contribution >= 4 is 5.78 Å². The highest BCUT2D eigenvalue weighted by Crippen LogP contribution is 2.25. The Kier molecular flexibility index (Phi) is 5.34. The molecule has 4 nitrogen and oxygen atoms in total. The van der Waals surface area contributed by atoms with Crippen LogP contribution in [0.4, 0.5) is 0 Å². The van der Waals surface area contributed by atoms with Crippen molar-refractivity contribution < 1.29 is 9.53 Å². The van der Waals surface area contributed by atoms with Crippen LogP contribution in [0.25, 0.3) is 0 Å². The first-order valence-corrected chi connectivity index (χ1v) is 7.93. The maximum atomic E-state index is 12.9. The Labute approximate surface area is 127 Å². The third-order valence-corrected chi connectivity index (χ3v) is 4.15. The Morgan fingerprint density at radius 3 is 2.67 bits per heavy atom. The fourth-order valence-corrected chi connectivity index (χ4v) is 2.79. The van der Waals surface area contributed by atoms with Crippen molar-refractivity contribution in [3.05, 3.63) is 24.0 Å². The maximum Gasteiger partial charge on any atom is 0.184 e. The van der Waals surface area contributed by atoms with Crippen molar-refractivity contribution in [2.75, 3.05) is 19.7 Å². The second kappa shape index (κ2) is 7.03. The number of carbonyl (C=O) groups excluding carboxylic acids is 1. The Bertz CT molecular complexity index is 479. The largest absolute Gasteiger partial charge is 0.492 e. The summed E-state index contributed by atoms with van der Waals surface area (Å²) in [6, 6.07) is 1.82. The lowest BCUT2D eigenvalue weighted by molar-refractivity contribution is 0.0578. The summed E-state index contributed by atoms with van der Waals surface area (Å²) < 4.78 is 5.58. The first-order chi connectivity index (χ1) is 10.1. The van der Waals surface area contributed by atoms with Gasteiger partial charge in [-0.15, -0.1) is 0 Å². The van der Waals surface area contributed by atoms with Gasteiger partial charge < -0.3 is 4.74 Å². The zero-order chi connectivity index (χ0) is 15.3. The molecule has 0 unspecified atom stereocenters. The summed E-state index contributed by atoms with van der Waals surface area (Å²) in [5.74, 6) is 0.802. The highest BCUT2D eigenvalue weighted by Gasteiger charge is 2.35. The first-order valence-electron chi connectivity index (χ1n) is 7.93. The standard InChI is InChI=1S/C17H26N2O2/c1-4-10-21-15-11-14(12-18-13-15)16(20)17(2,3)19-8-6-5-7-9-19/h11-13H,4-10H2,1-3H3. The maximum absolute atomic E-state index is 12.9. The Morgan fingerprint density at radius 2 is 2.00 bits per heavy atom. The van der Waals surface area contributed by atoms with Crippen molar-refractivity contribution in [1.29, 1.82) is 0 Å². The molecule has 0 amide bonds. The molecule has 0 atom stereocenters. The highest BCUT2D eigenvalue weighted by molar-refractivity contribution is 6.02. The summed E-state index contributed by atoms with van der Waals surface area (Å²) >= 11 is 0. The van der Waals surface area contributed by atoms with Gasteiger partial charge in [-0.1, -0.05) is 13.3 Å². The number of aromatic nitrogens is 1. The predicted molar refractivity (Wildman–Crippen MR) is 83.9 cm³/mol. The molecular formula is C17H26N2O2. The van der Waals surface area contributed by atoms with Gasteiger partial charge in [0.25, 0.3) is 0 Å². The molecule has 0 bridgehead atoms. The molecule has 4 heteroatoms. The van der Waals surface area contributed by atoms with E-state index in [-0.39, 0.29) is 5.78 Å². The Hall–Kier alpha value is -1.42. The molecule has 2 heterocycles. The molecule has 1 aliphatic rings. The van der Waals surface area contributed by atoms with Crippen LogP contribution in [0.2, 0.25) is 0 Å². The van der Waals surface area contributed by atoms with E-state index in [1.54, 1.807) is 12.4 Å². The molecule has 0 N–H and O–H groups in total. The lowest BCUT2D eigenvalue weighted by atomic mass is 9.90.